The topological polar surface area (TPSA) is 67.9 Å². The molecule has 3 aromatic rings. The van der Waals surface area contributed by atoms with Crippen molar-refractivity contribution in [2.24, 2.45) is 0 Å². The number of hydrogen-bond acceptors (Lipinski definition) is 5. The van der Waals surface area contributed by atoms with Crippen molar-refractivity contribution in [3.8, 4) is 11.5 Å². The SMILES string of the molecule is COc1ccc(OC)c(N2C(=O)C(Nc3ccc(Cl)cc3C)=C(c3ccc(F)cc3)C2=O)c1. The molecule has 1 aliphatic rings. The molecule has 0 atom stereocenters. The molecule has 0 spiro atoms. The van der Waals surface area contributed by atoms with E-state index in [9.17, 15) is 14.0 Å². The molecule has 1 heterocycles. The van der Waals surface area contributed by atoms with Crippen LogP contribution in [0.5, 0.6) is 11.5 Å². The van der Waals surface area contributed by atoms with Crippen molar-refractivity contribution >= 4 is 40.4 Å². The summed E-state index contributed by atoms with van der Waals surface area (Å²) < 4.78 is 24.2. The number of anilines is 2. The fourth-order valence-electron chi connectivity index (χ4n) is 3.62. The number of nitrogens with one attached hydrogen (secondary N) is 1. The zero-order valence-corrected chi connectivity index (χ0v) is 18.9. The number of halogens is 2. The van der Waals surface area contributed by atoms with Gasteiger partial charge in [-0.15, -0.1) is 0 Å². The number of imide groups is 1. The molecule has 8 heteroatoms. The molecule has 1 N–H and O–H groups in total. The summed E-state index contributed by atoms with van der Waals surface area (Å²) in [6.07, 6.45) is 0. The Morgan fingerprint density at radius 1 is 0.909 bits per heavy atom. The van der Waals surface area contributed by atoms with Gasteiger partial charge in [0.1, 0.15) is 23.0 Å². The lowest BCUT2D eigenvalue weighted by Gasteiger charge is -2.19. The Labute approximate surface area is 195 Å². The van der Waals surface area contributed by atoms with Gasteiger partial charge in [-0.25, -0.2) is 9.29 Å². The number of aryl methyl sites for hydroxylation is 1. The van der Waals surface area contributed by atoms with E-state index in [2.05, 4.69) is 5.32 Å². The maximum Gasteiger partial charge on any atom is 0.282 e. The van der Waals surface area contributed by atoms with E-state index >= 15 is 0 Å². The van der Waals surface area contributed by atoms with Crippen LogP contribution < -0.4 is 19.7 Å². The minimum atomic E-state index is -0.583. The number of rotatable bonds is 6. The van der Waals surface area contributed by atoms with E-state index in [4.69, 9.17) is 21.1 Å². The zero-order chi connectivity index (χ0) is 23.7. The first-order valence-electron chi connectivity index (χ1n) is 9.98. The Morgan fingerprint density at radius 3 is 2.27 bits per heavy atom. The van der Waals surface area contributed by atoms with E-state index in [0.717, 1.165) is 10.5 Å². The second-order valence-electron chi connectivity index (χ2n) is 7.32. The molecule has 0 bridgehead atoms. The largest absolute Gasteiger partial charge is 0.497 e. The molecule has 0 fully saturated rings. The zero-order valence-electron chi connectivity index (χ0n) is 18.1. The van der Waals surface area contributed by atoms with Gasteiger partial charge in [-0.05, 0) is 60.5 Å². The Balaban J connectivity index is 1.87. The first kappa shape index (κ1) is 22.4. The number of methoxy groups -OCH3 is 2. The minimum absolute atomic E-state index is 0.0573. The third-order valence-corrected chi connectivity index (χ3v) is 5.53. The smallest absolute Gasteiger partial charge is 0.282 e. The Kier molecular flexibility index (Phi) is 6.07. The highest BCUT2D eigenvalue weighted by Crippen LogP contribution is 2.40. The lowest BCUT2D eigenvalue weighted by molar-refractivity contribution is -0.120. The molecule has 4 rings (SSSR count). The van der Waals surface area contributed by atoms with Crippen molar-refractivity contribution in [2.75, 3.05) is 24.4 Å². The van der Waals surface area contributed by atoms with Gasteiger partial charge in [0.2, 0.25) is 0 Å². The summed E-state index contributed by atoms with van der Waals surface area (Å²) in [5.74, 6) is -0.845. The van der Waals surface area contributed by atoms with Crippen LogP contribution in [0, 0.1) is 12.7 Å². The fourth-order valence-corrected chi connectivity index (χ4v) is 3.85. The van der Waals surface area contributed by atoms with Crippen LogP contribution in [0.1, 0.15) is 11.1 Å². The number of nitrogens with zero attached hydrogens (tertiary/aromatic N) is 1. The molecule has 0 saturated carbocycles. The first-order chi connectivity index (χ1) is 15.8. The molecular formula is C25H20ClFN2O4. The summed E-state index contributed by atoms with van der Waals surface area (Å²) in [6.45, 7) is 1.83. The average Bonchev–Trinajstić information content (AvgIpc) is 3.05. The van der Waals surface area contributed by atoms with E-state index in [-0.39, 0.29) is 17.0 Å². The van der Waals surface area contributed by atoms with Crippen LogP contribution in [0.15, 0.2) is 66.4 Å². The van der Waals surface area contributed by atoms with Gasteiger partial charge in [-0.1, -0.05) is 23.7 Å². The number of benzene rings is 3. The van der Waals surface area contributed by atoms with Gasteiger partial charge in [-0.2, -0.15) is 0 Å². The Morgan fingerprint density at radius 2 is 1.64 bits per heavy atom. The highest BCUT2D eigenvalue weighted by Gasteiger charge is 2.41. The second kappa shape index (κ2) is 8.96. The molecular weight excluding hydrogens is 447 g/mol. The molecule has 6 nitrogen and oxygen atoms in total. The standard InChI is InChI=1S/C25H20ClFN2O4/c1-14-12-16(26)6-10-19(14)28-23-22(15-4-7-17(27)8-5-15)24(30)29(25(23)31)20-13-18(32-2)9-11-21(20)33-3/h4-13,28H,1-3H3. The van der Waals surface area contributed by atoms with Crippen LogP contribution in [0.25, 0.3) is 5.57 Å². The molecule has 1 aliphatic heterocycles. The van der Waals surface area contributed by atoms with Gasteiger partial charge in [0, 0.05) is 16.8 Å². The molecule has 0 aliphatic carbocycles. The minimum Gasteiger partial charge on any atom is -0.497 e. The third-order valence-electron chi connectivity index (χ3n) is 5.29. The highest BCUT2D eigenvalue weighted by molar-refractivity contribution is 6.46. The van der Waals surface area contributed by atoms with Crippen LogP contribution in [-0.4, -0.2) is 26.0 Å². The van der Waals surface area contributed by atoms with Gasteiger partial charge in [0.15, 0.2) is 0 Å². The van der Waals surface area contributed by atoms with Gasteiger partial charge >= 0.3 is 0 Å². The predicted octanol–water partition coefficient (Wildman–Crippen LogP) is 5.20. The summed E-state index contributed by atoms with van der Waals surface area (Å²) in [5, 5.41) is 3.63. The average molecular weight is 467 g/mol. The quantitative estimate of drug-likeness (QED) is 0.506. The molecule has 0 saturated heterocycles. The monoisotopic (exact) mass is 466 g/mol. The molecule has 3 aromatic carbocycles. The van der Waals surface area contributed by atoms with Crippen molar-refractivity contribution in [1.82, 2.24) is 0 Å². The van der Waals surface area contributed by atoms with E-state index in [1.54, 1.807) is 36.4 Å². The lowest BCUT2D eigenvalue weighted by atomic mass is 10.0. The maximum absolute atomic E-state index is 13.6. The Bertz CT molecular complexity index is 1290. The first-order valence-corrected chi connectivity index (χ1v) is 10.4. The predicted molar refractivity (Wildman–Crippen MR) is 125 cm³/mol. The van der Waals surface area contributed by atoms with Crippen LogP contribution in [0.2, 0.25) is 5.02 Å². The van der Waals surface area contributed by atoms with Crippen LogP contribution in [-0.2, 0) is 9.59 Å². The van der Waals surface area contributed by atoms with E-state index < -0.39 is 17.6 Å². The summed E-state index contributed by atoms with van der Waals surface area (Å²) in [6, 6.07) is 15.4. The fraction of sp³-hybridized carbons (Fsp3) is 0.120. The molecule has 2 amide bonds. The van der Waals surface area contributed by atoms with Crippen molar-refractivity contribution in [1.29, 1.82) is 0 Å². The van der Waals surface area contributed by atoms with Gasteiger partial charge in [0.25, 0.3) is 11.8 Å². The van der Waals surface area contributed by atoms with E-state index in [0.29, 0.717) is 27.8 Å². The number of ether oxygens (including phenoxy) is 2. The molecule has 0 radical (unpaired) electrons. The van der Waals surface area contributed by atoms with Crippen molar-refractivity contribution in [3.05, 3.63) is 88.3 Å². The molecule has 0 unspecified atom stereocenters. The second-order valence-corrected chi connectivity index (χ2v) is 7.76. The molecule has 33 heavy (non-hydrogen) atoms. The molecule has 168 valence electrons. The maximum atomic E-state index is 13.6. The Hall–Kier alpha value is -3.84. The van der Waals surface area contributed by atoms with Gasteiger partial charge < -0.3 is 14.8 Å². The number of hydrogen-bond donors (Lipinski definition) is 1. The number of amides is 2. The van der Waals surface area contributed by atoms with Crippen LogP contribution in [0.3, 0.4) is 0 Å². The van der Waals surface area contributed by atoms with Crippen molar-refractivity contribution < 1.29 is 23.5 Å². The number of carbonyl (C=O) groups is 2. The normalized spacial score (nSPS) is 13.5. The van der Waals surface area contributed by atoms with E-state index in [1.807, 2.05) is 6.92 Å². The highest BCUT2D eigenvalue weighted by atomic mass is 35.5. The van der Waals surface area contributed by atoms with E-state index in [1.165, 1.54) is 38.5 Å². The summed E-state index contributed by atoms with van der Waals surface area (Å²) in [7, 11) is 2.93. The summed E-state index contributed by atoms with van der Waals surface area (Å²) in [4.78, 5) is 28.2. The van der Waals surface area contributed by atoms with Crippen molar-refractivity contribution in [2.45, 2.75) is 6.92 Å². The van der Waals surface area contributed by atoms with Crippen LogP contribution in [0.4, 0.5) is 15.8 Å². The summed E-state index contributed by atoms with van der Waals surface area (Å²) >= 11 is 6.06. The number of carbonyl (C=O) groups excluding carboxylic acids is 2. The van der Waals surface area contributed by atoms with Gasteiger partial charge in [0.05, 0.1) is 25.5 Å². The molecule has 0 aromatic heterocycles. The summed E-state index contributed by atoms with van der Waals surface area (Å²) in [5.41, 5.74) is 2.19. The third kappa shape index (κ3) is 4.15. The lowest BCUT2D eigenvalue weighted by Crippen LogP contribution is -2.32. The van der Waals surface area contributed by atoms with Crippen LogP contribution >= 0.6 is 11.6 Å². The van der Waals surface area contributed by atoms with Gasteiger partial charge in [-0.3, -0.25) is 9.59 Å². The van der Waals surface area contributed by atoms with Crippen molar-refractivity contribution in [3.63, 3.8) is 0 Å².